The smallest absolute Gasteiger partial charge is 0.311 e. The van der Waals surface area contributed by atoms with E-state index < -0.39 is 0 Å². The van der Waals surface area contributed by atoms with E-state index in [4.69, 9.17) is 0 Å². The second kappa shape index (κ2) is 4.72. The number of rotatable bonds is 2. The number of aromatic amines is 1. The maximum Gasteiger partial charge on any atom is 0.328 e. The molecular formula is C13H21N3O2. The molecule has 0 aromatic carbocycles. The molecule has 100 valence electrons. The summed E-state index contributed by atoms with van der Waals surface area (Å²) >= 11 is 0. The lowest BCUT2D eigenvalue weighted by Gasteiger charge is -2.31. The third kappa shape index (κ3) is 2.14. The van der Waals surface area contributed by atoms with Crippen LogP contribution in [0.4, 0.5) is 0 Å². The molecule has 0 fully saturated rings. The SMILES string of the molecule is CC(C)N1CCc2[nH]c(=O)n(C(C)C)c(=O)c2C1. The zero-order chi connectivity index (χ0) is 13.4. The van der Waals surface area contributed by atoms with Gasteiger partial charge >= 0.3 is 5.69 Å². The van der Waals surface area contributed by atoms with E-state index in [2.05, 4.69) is 23.7 Å². The molecule has 18 heavy (non-hydrogen) atoms. The molecule has 2 rings (SSSR count). The van der Waals surface area contributed by atoms with Crippen LogP contribution < -0.4 is 11.2 Å². The molecule has 2 heterocycles. The molecule has 1 aliphatic heterocycles. The number of hydrogen-bond acceptors (Lipinski definition) is 3. The highest BCUT2D eigenvalue weighted by Crippen LogP contribution is 2.15. The van der Waals surface area contributed by atoms with E-state index in [1.807, 2.05) is 13.8 Å². The normalized spacial score (nSPS) is 16.3. The minimum atomic E-state index is -0.285. The minimum absolute atomic E-state index is 0.110. The molecule has 0 amide bonds. The monoisotopic (exact) mass is 251 g/mol. The molecule has 0 saturated carbocycles. The van der Waals surface area contributed by atoms with Gasteiger partial charge in [0.25, 0.3) is 5.56 Å². The Hall–Kier alpha value is -1.36. The predicted octanol–water partition coefficient (Wildman–Crippen LogP) is 0.884. The largest absolute Gasteiger partial charge is 0.328 e. The van der Waals surface area contributed by atoms with Crippen molar-refractivity contribution in [3.8, 4) is 0 Å². The van der Waals surface area contributed by atoms with Gasteiger partial charge in [0.1, 0.15) is 0 Å². The van der Waals surface area contributed by atoms with Crippen molar-refractivity contribution < 1.29 is 0 Å². The van der Waals surface area contributed by atoms with Crippen molar-refractivity contribution in [2.45, 2.75) is 52.7 Å². The molecule has 1 aromatic rings. The molecule has 1 aromatic heterocycles. The third-order valence-electron chi connectivity index (χ3n) is 3.57. The first-order valence-corrected chi connectivity index (χ1v) is 6.52. The molecular weight excluding hydrogens is 230 g/mol. The first kappa shape index (κ1) is 13.1. The van der Waals surface area contributed by atoms with Crippen LogP contribution in [0.1, 0.15) is 45.0 Å². The zero-order valence-corrected chi connectivity index (χ0v) is 11.5. The summed E-state index contributed by atoms with van der Waals surface area (Å²) in [5.74, 6) is 0. The highest BCUT2D eigenvalue weighted by Gasteiger charge is 2.23. The van der Waals surface area contributed by atoms with Gasteiger partial charge in [-0.2, -0.15) is 0 Å². The Kier molecular flexibility index (Phi) is 3.43. The zero-order valence-electron chi connectivity index (χ0n) is 11.5. The molecule has 5 nitrogen and oxygen atoms in total. The number of nitrogens with zero attached hydrogens (tertiary/aromatic N) is 2. The summed E-state index contributed by atoms with van der Waals surface area (Å²) < 4.78 is 1.31. The fraction of sp³-hybridized carbons (Fsp3) is 0.692. The highest BCUT2D eigenvalue weighted by atomic mass is 16.2. The molecule has 0 aliphatic carbocycles. The number of nitrogens with one attached hydrogen (secondary N) is 1. The number of aromatic nitrogens is 2. The van der Waals surface area contributed by atoms with E-state index in [1.165, 1.54) is 4.57 Å². The summed E-state index contributed by atoms with van der Waals surface area (Å²) in [7, 11) is 0. The van der Waals surface area contributed by atoms with Gasteiger partial charge in [-0.05, 0) is 27.7 Å². The van der Waals surface area contributed by atoms with Crippen LogP contribution in [-0.2, 0) is 13.0 Å². The number of H-pyrrole nitrogens is 1. The first-order chi connectivity index (χ1) is 8.41. The van der Waals surface area contributed by atoms with Crippen molar-refractivity contribution in [2.24, 2.45) is 0 Å². The molecule has 0 saturated heterocycles. The Bertz CT molecular complexity index is 554. The fourth-order valence-electron chi connectivity index (χ4n) is 2.46. The number of hydrogen-bond donors (Lipinski definition) is 1. The molecule has 0 atom stereocenters. The van der Waals surface area contributed by atoms with Crippen molar-refractivity contribution in [3.05, 3.63) is 32.1 Å². The first-order valence-electron chi connectivity index (χ1n) is 6.52. The van der Waals surface area contributed by atoms with Crippen molar-refractivity contribution in [1.82, 2.24) is 14.5 Å². The van der Waals surface area contributed by atoms with Crippen molar-refractivity contribution in [2.75, 3.05) is 6.54 Å². The van der Waals surface area contributed by atoms with Crippen LogP contribution in [0, 0.1) is 0 Å². The molecule has 0 unspecified atom stereocenters. The molecule has 0 bridgehead atoms. The van der Waals surface area contributed by atoms with Crippen LogP contribution in [0.3, 0.4) is 0 Å². The van der Waals surface area contributed by atoms with Crippen LogP contribution in [0.5, 0.6) is 0 Å². The fourth-order valence-corrected chi connectivity index (χ4v) is 2.46. The lowest BCUT2D eigenvalue weighted by Crippen LogP contribution is -2.45. The Morgan fingerprint density at radius 3 is 2.33 bits per heavy atom. The Morgan fingerprint density at radius 1 is 1.11 bits per heavy atom. The van der Waals surface area contributed by atoms with Gasteiger partial charge in [-0.15, -0.1) is 0 Å². The van der Waals surface area contributed by atoms with Crippen molar-refractivity contribution in [1.29, 1.82) is 0 Å². The Labute approximate surface area is 106 Å². The minimum Gasteiger partial charge on any atom is -0.311 e. The summed E-state index contributed by atoms with van der Waals surface area (Å²) in [5.41, 5.74) is 1.16. The average Bonchev–Trinajstić information content (AvgIpc) is 2.27. The van der Waals surface area contributed by atoms with Gasteiger partial charge in [0.15, 0.2) is 0 Å². The van der Waals surface area contributed by atoms with E-state index in [1.54, 1.807) is 0 Å². The summed E-state index contributed by atoms with van der Waals surface area (Å²) in [5, 5.41) is 0. The van der Waals surface area contributed by atoms with Crippen LogP contribution in [0.2, 0.25) is 0 Å². The van der Waals surface area contributed by atoms with Crippen molar-refractivity contribution in [3.63, 3.8) is 0 Å². The maximum atomic E-state index is 12.4. The molecule has 5 heteroatoms. The van der Waals surface area contributed by atoms with Gasteiger partial charge in [0.2, 0.25) is 0 Å². The summed E-state index contributed by atoms with van der Waals surface area (Å²) in [6.07, 6.45) is 0.747. The van der Waals surface area contributed by atoms with E-state index in [-0.39, 0.29) is 17.3 Å². The third-order valence-corrected chi connectivity index (χ3v) is 3.57. The van der Waals surface area contributed by atoms with Gasteiger partial charge in [0, 0.05) is 37.3 Å². The van der Waals surface area contributed by atoms with E-state index in [9.17, 15) is 9.59 Å². The van der Waals surface area contributed by atoms with Crippen molar-refractivity contribution >= 4 is 0 Å². The standard InChI is InChI=1S/C13H21N3O2/c1-8(2)15-6-5-11-10(7-15)12(17)16(9(3)4)13(18)14-11/h8-9H,5-7H2,1-4H3,(H,14,18). The highest BCUT2D eigenvalue weighted by molar-refractivity contribution is 5.20. The Balaban J connectivity index is 2.53. The van der Waals surface area contributed by atoms with Gasteiger partial charge in [-0.3, -0.25) is 14.3 Å². The second-order valence-corrected chi connectivity index (χ2v) is 5.47. The average molecular weight is 251 g/mol. The summed E-state index contributed by atoms with van der Waals surface area (Å²) in [4.78, 5) is 29.3. The van der Waals surface area contributed by atoms with Crippen LogP contribution in [-0.4, -0.2) is 27.0 Å². The van der Waals surface area contributed by atoms with Gasteiger partial charge in [-0.1, -0.05) is 0 Å². The molecule has 1 N–H and O–H groups in total. The lowest BCUT2D eigenvalue weighted by atomic mass is 10.1. The summed E-state index contributed by atoms with van der Waals surface area (Å²) in [6.45, 7) is 9.48. The van der Waals surface area contributed by atoms with Gasteiger partial charge in [0.05, 0.1) is 5.56 Å². The van der Waals surface area contributed by atoms with Crippen LogP contribution in [0.15, 0.2) is 9.59 Å². The predicted molar refractivity (Wildman–Crippen MR) is 71.0 cm³/mol. The second-order valence-electron chi connectivity index (χ2n) is 5.47. The van der Waals surface area contributed by atoms with E-state index in [0.717, 1.165) is 24.2 Å². The van der Waals surface area contributed by atoms with Crippen LogP contribution in [0.25, 0.3) is 0 Å². The molecule has 1 aliphatic rings. The van der Waals surface area contributed by atoms with Gasteiger partial charge in [-0.25, -0.2) is 4.79 Å². The molecule has 0 spiro atoms. The van der Waals surface area contributed by atoms with Crippen LogP contribution >= 0.6 is 0 Å². The summed E-state index contributed by atoms with van der Waals surface area (Å²) in [6, 6.07) is 0.304. The Morgan fingerprint density at radius 2 is 1.78 bits per heavy atom. The van der Waals surface area contributed by atoms with Gasteiger partial charge < -0.3 is 4.98 Å². The van der Waals surface area contributed by atoms with E-state index >= 15 is 0 Å². The number of fused-ring (bicyclic) bond motifs is 1. The topological polar surface area (TPSA) is 58.1 Å². The van der Waals surface area contributed by atoms with E-state index in [0.29, 0.717) is 12.6 Å². The lowest BCUT2D eigenvalue weighted by molar-refractivity contribution is 0.199. The molecule has 0 radical (unpaired) electrons. The quantitative estimate of drug-likeness (QED) is 0.849. The maximum absolute atomic E-state index is 12.4.